The Morgan fingerprint density at radius 1 is 1.48 bits per heavy atom. The minimum absolute atomic E-state index is 0.136. The molecule has 11 heteroatoms. The second-order valence-electron chi connectivity index (χ2n) is 7.67. The summed E-state index contributed by atoms with van der Waals surface area (Å²) in [7, 11) is 1.43. The van der Waals surface area contributed by atoms with Crippen LogP contribution < -0.4 is 14.4 Å². The number of carbonyl (C=O) groups is 1. The molecule has 0 saturated heterocycles. The van der Waals surface area contributed by atoms with Gasteiger partial charge in [0, 0.05) is 42.4 Å². The van der Waals surface area contributed by atoms with Crippen LogP contribution in [0, 0.1) is 16.7 Å². The molecule has 1 aliphatic carbocycles. The first kappa shape index (κ1) is 22.1. The van der Waals surface area contributed by atoms with E-state index in [1.807, 2.05) is 4.31 Å². The van der Waals surface area contributed by atoms with Crippen LogP contribution in [0.25, 0.3) is 0 Å². The average Bonchev–Trinajstić information content (AvgIpc) is 3.39. The Balaban J connectivity index is 1.70. The van der Waals surface area contributed by atoms with E-state index < -0.39 is 17.9 Å². The van der Waals surface area contributed by atoms with E-state index in [0.717, 1.165) is 26.7 Å². The van der Waals surface area contributed by atoms with Crippen molar-refractivity contribution >= 4 is 47.8 Å². The van der Waals surface area contributed by atoms with Crippen LogP contribution in [0.5, 0.6) is 5.75 Å². The first-order valence-electron chi connectivity index (χ1n) is 8.83. The van der Waals surface area contributed by atoms with Crippen LogP contribution in [0.1, 0.15) is 33.1 Å². The number of rotatable bonds is 5. The molecular formula is C18H19F3IN3O3S. The summed E-state index contributed by atoms with van der Waals surface area (Å²) in [6, 6.07) is 7.18. The molecule has 1 fully saturated rings. The van der Waals surface area contributed by atoms with Crippen LogP contribution in [0.2, 0.25) is 0 Å². The molecule has 1 saturated carbocycles. The van der Waals surface area contributed by atoms with Crippen LogP contribution in [0.15, 0.2) is 18.2 Å². The standard InChI is InChI=1S/C18H19F3IN3O3S/c1-16(2,18(19,20)21)28-15(26)24-11-3-4-14-13(7-11)25(29-22)9-12(27-14)8-17(10-23)5-6-17/h3-4,7,12H,5-6,8-9H2,1-2H3,(H,24,26)/t12-/m0/s1. The molecule has 0 radical (unpaired) electrons. The van der Waals surface area contributed by atoms with Crippen LogP contribution in [-0.2, 0) is 4.74 Å². The van der Waals surface area contributed by atoms with Crippen molar-refractivity contribution < 1.29 is 27.4 Å². The number of benzene rings is 1. The Labute approximate surface area is 182 Å². The lowest BCUT2D eigenvalue weighted by molar-refractivity contribution is -0.242. The van der Waals surface area contributed by atoms with Crippen molar-refractivity contribution in [2.75, 3.05) is 16.2 Å². The fourth-order valence-electron chi connectivity index (χ4n) is 2.94. The summed E-state index contributed by atoms with van der Waals surface area (Å²) < 4.78 is 51.2. The molecule has 1 aliphatic heterocycles. The summed E-state index contributed by atoms with van der Waals surface area (Å²) in [5.74, 6) is 0.591. The Morgan fingerprint density at radius 2 is 2.17 bits per heavy atom. The summed E-state index contributed by atoms with van der Waals surface area (Å²) in [5.41, 5.74) is -1.92. The first-order valence-corrected chi connectivity index (χ1v) is 12.2. The summed E-state index contributed by atoms with van der Waals surface area (Å²) in [6.45, 7) is 2.13. The van der Waals surface area contributed by atoms with E-state index in [2.05, 4.69) is 37.3 Å². The topological polar surface area (TPSA) is 74.6 Å². The Hall–Kier alpha value is -1.55. The highest BCUT2D eigenvalue weighted by Crippen LogP contribution is 2.51. The molecule has 1 heterocycles. The van der Waals surface area contributed by atoms with Gasteiger partial charge in [-0.3, -0.25) is 5.32 Å². The monoisotopic (exact) mass is 541 g/mol. The van der Waals surface area contributed by atoms with Gasteiger partial charge in [0.05, 0.1) is 23.7 Å². The molecule has 2 aliphatic rings. The maximum Gasteiger partial charge on any atom is 0.427 e. The molecule has 0 bridgehead atoms. The minimum Gasteiger partial charge on any atom is -0.486 e. The Bertz CT molecular complexity index is 840. The maximum absolute atomic E-state index is 12.9. The molecule has 29 heavy (non-hydrogen) atoms. The van der Waals surface area contributed by atoms with Gasteiger partial charge in [0.25, 0.3) is 0 Å². The Kier molecular flexibility index (Phi) is 6.06. The van der Waals surface area contributed by atoms with Gasteiger partial charge in [-0.15, -0.1) is 0 Å². The van der Waals surface area contributed by atoms with E-state index in [-0.39, 0.29) is 11.5 Å². The van der Waals surface area contributed by atoms with Crippen LogP contribution in [0.3, 0.4) is 0 Å². The van der Waals surface area contributed by atoms with Crippen molar-refractivity contribution in [1.82, 2.24) is 0 Å². The molecule has 3 rings (SSSR count). The summed E-state index contributed by atoms with van der Waals surface area (Å²) >= 11 is 2.12. The predicted octanol–water partition coefficient (Wildman–Crippen LogP) is 5.84. The smallest absolute Gasteiger partial charge is 0.427 e. The highest BCUT2D eigenvalue weighted by molar-refractivity contribution is 14.2. The number of alkyl halides is 3. The van der Waals surface area contributed by atoms with E-state index >= 15 is 0 Å². The van der Waals surface area contributed by atoms with Crippen LogP contribution in [-0.4, -0.2) is 30.5 Å². The number of nitriles is 1. The van der Waals surface area contributed by atoms with Gasteiger partial charge in [0.2, 0.25) is 5.60 Å². The van der Waals surface area contributed by atoms with Crippen molar-refractivity contribution in [3.05, 3.63) is 18.2 Å². The largest absolute Gasteiger partial charge is 0.486 e. The molecule has 1 aromatic rings. The maximum atomic E-state index is 12.9. The van der Waals surface area contributed by atoms with Gasteiger partial charge in [-0.2, -0.15) is 18.4 Å². The number of ether oxygens (including phenoxy) is 2. The molecule has 1 aromatic carbocycles. The second kappa shape index (κ2) is 7.94. The highest BCUT2D eigenvalue weighted by atomic mass is 127. The van der Waals surface area contributed by atoms with E-state index in [1.54, 1.807) is 12.1 Å². The van der Waals surface area contributed by atoms with Gasteiger partial charge in [-0.1, -0.05) is 0 Å². The van der Waals surface area contributed by atoms with Crippen molar-refractivity contribution in [2.45, 2.75) is 51.0 Å². The molecular weight excluding hydrogens is 522 g/mol. The number of anilines is 2. The zero-order valence-electron chi connectivity index (χ0n) is 15.7. The van der Waals surface area contributed by atoms with Gasteiger partial charge in [-0.05, 0) is 44.9 Å². The van der Waals surface area contributed by atoms with E-state index in [4.69, 9.17) is 4.74 Å². The lowest BCUT2D eigenvalue weighted by Crippen LogP contribution is -2.44. The van der Waals surface area contributed by atoms with Gasteiger partial charge in [0.15, 0.2) is 0 Å². The van der Waals surface area contributed by atoms with Crippen molar-refractivity contribution in [3.63, 3.8) is 0 Å². The lowest BCUT2D eigenvalue weighted by Gasteiger charge is -2.35. The third kappa shape index (κ3) is 4.96. The molecule has 1 N–H and O–H groups in total. The number of nitrogens with zero attached hydrogens (tertiary/aromatic N) is 2. The molecule has 158 valence electrons. The van der Waals surface area contributed by atoms with Crippen molar-refractivity contribution in [2.24, 2.45) is 5.41 Å². The van der Waals surface area contributed by atoms with E-state index in [9.17, 15) is 23.2 Å². The third-order valence-electron chi connectivity index (χ3n) is 4.96. The van der Waals surface area contributed by atoms with Gasteiger partial charge >= 0.3 is 12.3 Å². The predicted molar refractivity (Wildman–Crippen MR) is 112 cm³/mol. The summed E-state index contributed by atoms with van der Waals surface area (Å²) in [4.78, 5) is 11.9. The lowest BCUT2D eigenvalue weighted by atomic mass is 9.99. The Morgan fingerprint density at radius 3 is 2.72 bits per heavy atom. The molecule has 0 aromatic heterocycles. The quantitative estimate of drug-likeness (QED) is 0.373. The number of hydrogen-bond acceptors (Lipinski definition) is 6. The number of carbonyl (C=O) groups excluding carboxylic acids is 1. The average molecular weight is 541 g/mol. The fourth-order valence-corrected chi connectivity index (χ4v) is 4.50. The third-order valence-corrected chi connectivity index (χ3v) is 6.90. The molecule has 1 amide bonds. The number of nitrogens with one attached hydrogen (secondary N) is 1. The number of amides is 1. The first-order chi connectivity index (χ1) is 13.5. The zero-order chi connectivity index (χ0) is 21.4. The van der Waals surface area contributed by atoms with Gasteiger partial charge in [-0.25, -0.2) is 4.79 Å². The number of fused-ring (bicyclic) bond motifs is 1. The van der Waals surface area contributed by atoms with Crippen LogP contribution in [0.4, 0.5) is 29.3 Å². The fraction of sp³-hybridized carbons (Fsp3) is 0.556. The SMILES string of the molecule is CC(C)(OC(=O)Nc1ccc2c(c1)N(SI)C[C@H](CC1(C#N)CC1)O2)C(F)(F)F. The normalized spacial score (nSPS) is 20.2. The zero-order valence-corrected chi connectivity index (χ0v) is 18.7. The molecule has 0 unspecified atom stereocenters. The van der Waals surface area contributed by atoms with Crippen LogP contribution >= 0.6 is 30.3 Å². The summed E-state index contributed by atoms with van der Waals surface area (Å²) in [6.07, 6.45) is -3.60. The van der Waals surface area contributed by atoms with Gasteiger partial charge < -0.3 is 13.8 Å². The van der Waals surface area contributed by atoms with Gasteiger partial charge in [0.1, 0.15) is 11.9 Å². The number of halogens is 4. The van der Waals surface area contributed by atoms with E-state index in [1.165, 1.54) is 15.2 Å². The van der Waals surface area contributed by atoms with Crippen molar-refractivity contribution in [3.8, 4) is 11.8 Å². The van der Waals surface area contributed by atoms with E-state index in [0.29, 0.717) is 30.1 Å². The molecule has 1 atom stereocenters. The summed E-state index contributed by atoms with van der Waals surface area (Å²) in [5, 5.41) is 11.6. The van der Waals surface area contributed by atoms with Crippen molar-refractivity contribution in [1.29, 1.82) is 5.26 Å². The molecule has 0 spiro atoms. The molecule has 6 nitrogen and oxygen atoms in total. The highest BCUT2D eigenvalue weighted by Gasteiger charge is 2.51. The minimum atomic E-state index is -4.68. The second-order valence-corrected chi connectivity index (χ2v) is 9.43. The number of hydrogen-bond donors (Lipinski definition) is 1.